The molecule has 0 bridgehead atoms. The number of alkyl halides is 7. The summed E-state index contributed by atoms with van der Waals surface area (Å²) in [5.74, 6) is -2.25. The molecule has 10 heteroatoms. The zero-order chi connectivity index (χ0) is 15.6. The smallest absolute Gasteiger partial charge is 0.403 e. The van der Waals surface area contributed by atoms with Crippen molar-refractivity contribution in [3.05, 3.63) is 23.0 Å². The first-order chi connectivity index (χ1) is 9.10. The molecule has 1 rings (SSSR count). The molecule has 0 N–H and O–H groups in total. The lowest BCUT2D eigenvalue weighted by molar-refractivity contribution is -0.276. The molecule has 0 aliphatic heterocycles. The molecule has 0 saturated heterocycles. The number of hydrogen-bond donors (Lipinski definition) is 0. The third kappa shape index (κ3) is 3.90. The Kier molecular flexibility index (Phi) is 4.70. The maximum absolute atomic E-state index is 12.9. The van der Waals surface area contributed by atoms with E-state index in [-0.39, 0.29) is 11.9 Å². The van der Waals surface area contributed by atoms with Crippen LogP contribution in [0.1, 0.15) is 16.8 Å². The highest BCUT2D eigenvalue weighted by Gasteiger charge is 2.42. The first-order valence-electron chi connectivity index (χ1n) is 4.86. The molecule has 1 aromatic heterocycles. The highest BCUT2D eigenvalue weighted by molar-refractivity contribution is 6.17. The van der Waals surface area contributed by atoms with Crippen LogP contribution in [-0.4, -0.2) is 11.3 Å². The molecule has 1 aromatic rings. The molecule has 20 heavy (non-hydrogen) atoms. The largest absolute Gasteiger partial charge is 0.573 e. The summed E-state index contributed by atoms with van der Waals surface area (Å²) in [7, 11) is 0. The van der Waals surface area contributed by atoms with Crippen molar-refractivity contribution in [3.8, 4) is 11.8 Å². The molecule has 3 nitrogen and oxygen atoms in total. The van der Waals surface area contributed by atoms with Gasteiger partial charge in [0.05, 0.1) is 24.4 Å². The molecule has 0 aromatic carbocycles. The van der Waals surface area contributed by atoms with E-state index in [1.807, 2.05) is 0 Å². The minimum absolute atomic E-state index is 0.277. The van der Waals surface area contributed by atoms with E-state index >= 15 is 0 Å². The van der Waals surface area contributed by atoms with Crippen LogP contribution < -0.4 is 4.74 Å². The van der Waals surface area contributed by atoms with Crippen LogP contribution in [0.25, 0.3) is 0 Å². The van der Waals surface area contributed by atoms with Crippen molar-refractivity contribution < 1.29 is 31.1 Å². The van der Waals surface area contributed by atoms with Crippen LogP contribution in [0.15, 0.2) is 6.20 Å². The summed E-state index contributed by atoms with van der Waals surface area (Å²) in [6.45, 7) is 0. The number of nitriles is 1. The fourth-order valence-electron chi connectivity index (χ4n) is 1.46. The molecule has 0 saturated carbocycles. The summed E-state index contributed by atoms with van der Waals surface area (Å²) in [5.41, 5.74) is -2.73. The standard InChI is InChI=1S/C10H5ClF6N2O/c11-3-5-6(1-2-18)19-4-7(20-10(15,16)17)8(5)9(12,13)14/h4H,1,3H2. The number of rotatable bonds is 3. The summed E-state index contributed by atoms with van der Waals surface area (Å²) in [6.07, 6.45) is -10.7. The van der Waals surface area contributed by atoms with Gasteiger partial charge < -0.3 is 4.74 Å². The fraction of sp³-hybridized carbons (Fsp3) is 0.400. The van der Waals surface area contributed by atoms with Crippen LogP contribution in [0.3, 0.4) is 0 Å². The molecular formula is C10H5ClF6N2O. The van der Waals surface area contributed by atoms with Crippen molar-refractivity contribution in [2.45, 2.75) is 24.8 Å². The second kappa shape index (κ2) is 5.75. The molecule has 110 valence electrons. The van der Waals surface area contributed by atoms with Crippen molar-refractivity contribution in [1.29, 1.82) is 5.26 Å². The number of hydrogen-bond acceptors (Lipinski definition) is 3. The normalized spacial score (nSPS) is 12.1. The second-order valence-corrected chi connectivity index (χ2v) is 3.70. The van der Waals surface area contributed by atoms with Crippen molar-refractivity contribution in [3.63, 3.8) is 0 Å². The molecule has 0 atom stereocenters. The zero-order valence-corrected chi connectivity index (χ0v) is 10.2. The highest BCUT2D eigenvalue weighted by atomic mass is 35.5. The monoisotopic (exact) mass is 318 g/mol. The number of pyridine rings is 1. The molecule has 0 unspecified atom stereocenters. The van der Waals surface area contributed by atoms with E-state index in [0.29, 0.717) is 0 Å². The fourth-order valence-corrected chi connectivity index (χ4v) is 1.74. The van der Waals surface area contributed by atoms with Gasteiger partial charge in [-0.05, 0) is 0 Å². The predicted molar refractivity (Wildman–Crippen MR) is 54.8 cm³/mol. The lowest BCUT2D eigenvalue weighted by Crippen LogP contribution is -2.22. The summed E-state index contributed by atoms with van der Waals surface area (Å²) in [5, 5.41) is 8.46. The summed E-state index contributed by atoms with van der Waals surface area (Å²) in [4.78, 5) is 3.37. The van der Waals surface area contributed by atoms with Gasteiger partial charge in [-0.2, -0.15) is 18.4 Å². The van der Waals surface area contributed by atoms with Crippen LogP contribution in [-0.2, 0) is 18.5 Å². The maximum Gasteiger partial charge on any atom is 0.573 e. The molecule has 0 aliphatic carbocycles. The Morgan fingerprint density at radius 1 is 1.25 bits per heavy atom. The Morgan fingerprint density at radius 3 is 2.25 bits per heavy atom. The number of nitrogens with zero attached hydrogens (tertiary/aromatic N) is 2. The summed E-state index contributed by atoms with van der Waals surface area (Å²) in [6, 6.07) is 1.55. The van der Waals surface area contributed by atoms with Crippen molar-refractivity contribution in [2.75, 3.05) is 0 Å². The average molecular weight is 319 g/mol. The molecule has 1 heterocycles. The molecular weight excluding hydrogens is 314 g/mol. The Morgan fingerprint density at radius 2 is 1.85 bits per heavy atom. The zero-order valence-electron chi connectivity index (χ0n) is 9.44. The topological polar surface area (TPSA) is 45.9 Å². The van der Waals surface area contributed by atoms with Gasteiger partial charge in [-0.1, -0.05) is 0 Å². The van der Waals surface area contributed by atoms with Crippen molar-refractivity contribution >= 4 is 11.6 Å². The number of halogens is 7. The first kappa shape index (κ1) is 16.4. The first-order valence-corrected chi connectivity index (χ1v) is 5.40. The molecule has 0 spiro atoms. The lowest BCUT2D eigenvalue weighted by Gasteiger charge is -2.19. The number of aromatic nitrogens is 1. The van der Waals surface area contributed by atoms with E-state index in [4.69, 9.17) is 16.9 Å². The van der Waals surface area contributed by atoms with Gasteiger partial charge in [0, 0.05) is 11.4 Å². The molecule has 0 fully saturated rings. The van der Waals surface area contributed by atoms with Crippen LogP contribution in [0, 0.1) is 11.3 Å². The van der Waals surface area contributed by atoms with Crippen LogP contribution >= 0.6 is 11.6 Å². The Labute approximate surface area is 113 Å². The second-order valence-electron chi connectivity index (χ2n) is 3.44. The van der Waals surface area contributed by atoms with Crippen LogP contribution in [0.2, 0.25) is 0 Å². The van der Waals surface area contributed by atoms with E-state index in [1.54, 1.807) is 6.07 Å². The third-order valence-corrected chi connectivity index (χ3v) is 2.39. The number of ether oxygens (including phenoxy) is 1. The van der Waals surface area contributed by atoms with Gasteiger partial charge in [-0.25, -0.2) is 0 Å². The van der Waals surface area contributed by atoms with E-state index in [0.717, 1.165) is 0 Å². The Hall–Kier alpha value is -1.69. The maximum atomic E-state index is 12.9. The quantitative estimate of drug-likeness (QED) is 0.629. The summed E-state index contributed by atoms with van der Waals surface area (Å²) < 4.78 is 78.2. The summed E-state index contributed by atoms with van der Waals surface area (Å²) >= 11 is 5.34. The van der Waals surface area contributed by atoms with Crippen molar-refractivity contribution in [2.24, 2.45) is 0 Å². The third-order valence-electron chi connectivity index (χ3n) is 2.12. The molecule has 0 radical (unpaired) electrons. The Balaban J connectivity index is 3.51. The van der Waals surface area contributed by atoms with Gasteiger partial charge in [0.1, 0.15) is 5.56 Å². The van der Waals surface area contributed by atoms with Gasteiger partial charge >= 0.3 is 12.5 Å². The Bertz CT molecular complexity index is 534. The van der Waals surface area contributed by atoms with Gasteiger partial charge in [0.2, 0.25) is 0 Å². The minimum atomic E-state index is -5.30. The van der Waals surface area contributed by atoms with Gasteiger partial charge in [-0.15, -0.1) is 24.8 Å². The van der Waals surface area contributed by atoms with Crippen LogP contribution in [0.5, 0.6) is 5.75 Å². The van der Waals surface area contributed by atoms with Gasteiger partial charge in [0.25, 0.3) is 0 Å². The van der Waals surface area contributed by atoms with E-state index in [9.17, 15) is 26.3 Å². The van der Waals surface area contributed by atoms with Gasteiger partial charge in [0.15, 0.2) is 5.75 Å². The average Bonchev–Trinajstić information content (AvgIpc) is 2.27. The molecule has 0 aliphatic rings. The predicted octanol–water partition coefficient (Wildman–Crippen LogP) is 3.80. The molecule has 0 amide bonds. The van der Waals surface area contributed by atoms with E-state index in [2.05, 4.69) is 9.72 Å². The SMILES string of the molecule is N#CCc1ncc(OC(F)(F)F)c(C(F)(F)F)c1CCl. The van der Waals surface area contributed by atoms with E-state index < -0.39 is 41.7 Å². The highest BCUT2D eigenvalue weighted by Crippen LogP contribution is 2.41. The lowest BCUT2D eigenvalue weighted by atomic mass is 10.0. The van der Waals surface area contributed by atoms with Crippen LogP contribution in [0.4, 0.5) is 26.3 Å². The van der Waals surface area contributed by atoms with E-state index in [1.165, 1.54) is 0 Å². The van der Waals surface area contributed by atoms with Gasteiger partial charge in [-0.3, -0.25) is 4.98 Å². The minimum Gasteiger partial charge on any atom is -0.403 e. The van der Waals surface area contributed by atoms with Crippen molar-refractivity contribution in [1.82, 2.24) is 4.98 Å².